The summed E-state index contributed by atoms with van der Waals surface area (Å²) in [6.07, 6.45) is 0. The van der Waals surface area contributed by atoms with E-state index in [1.165, 1.54) is 5.56 Å². The third kappa shape index (κ3) is 6.70. The van der Waals surface area contributed by atoms with Gasteiger partial charge in [-0.1, -0.05) is 58.0 Å². The van der Waals surface area contributed by atoms with Crippen molar-refractivity contribution < 1.29 is 9.53 Å². The third-order valence-corrected chi connectivity index (χ3v) is 3.95. The Hall–Kier alpha value is -2.04. The van der Waals surface area contributed by atoms with E-state index in [1.807, 2.05) is 48.5 Å². The van der Waals surface area contributed by atoms with Crippen LogP contribution in [0.5, 0.6) is 5.75 Å². The first kappa shape index (κ1) is 22.0. The lowest BCUT2D eigenvalue weighted by Crippen LogP contribution is -2.22. The van der Waals surface area contributed by atoms with Crippen molar-refractivity contribution in [1.29, 1.82) is 0 Å². The van der Waals surface area contributed by atoms with Crippen LogP contribution < -0.4 is 15.4 Å². The molecule has 26 heavy (non-hydrogen) atoms. The molecule has 4 nitrogen and oxygen atoms in total. The fourth-order valence-corrected chi connectivity index (χ4v) is 2.44. The zero-order valence-corrected chi connectivity index (χ0v) is 16.8. The molecule has 0 aliphatic rings. The Morgan fingerprint density at radius 1 is 1.04 bits per heavy atom. The van der Waals surface area contributed by atoms with Crippen LogP contribution in [-0.4, -0.2) is 19.1 Å². The minimum atomic E-state index is -0.163. The number of carbonyl (C=O) groups is 1. The van der Waals surface area contributed by atoms with E-state index in [0.29, 0.717) is 5.75 Å². The quantitative estimate of drug-likeness (QED) is 0.746. The van der Waals surface area contributed by atoms with Gasteiger partial charge in [-0.25, -0.2) is 0 Å². The molecule has 142 valence electrons. The summed E-state index contributed by atoms with van der Waals surface area (Å²) < 4.78 is 5.60. The molecule has 0 bridgehead atoms. The summed E-state index contributed by atoms with van der Waals surface area (Å²) in [5.41, 5.74) is 3.22. The van der Waals surface area contributed by atoms with Gasteiger partial charge in [0.25, 0.3) is 5.91 Å². The lowest BCUT2D eigenvalue weighted by Gasteiger charge is -2.19. The van der Waals surface area contributed by atoms with Crippen molar-refractivity contribution >= 4 is 24.0 Å². The van der Waals surface area contributed by atoms with Crippen molar-refractivity contribution in [2.45, 2.75) is 39.7 Å². The standard InChI is InChI=1S/C21H28N2O2.ClH/c1-5-22-14-16-8-6-7-9-19(16)23-20(24)15-25-18-12-10-17(11-13-18)21(2,3)4;/h6-13,22H,5,14-15H2,1-4H3,(H,23,24);1H. The van der Waals surface area contributed by atoms with Crippen molar-refractivity contribution in [1.82, 2.24) is 5.32 Å². The Kier molecular flexibility index (Phi) is 8.62. The normalized spacial score (nSPS) is 10.8. The number of amides is 1. The number of rotatable bonds is 7. The van der Waals surface area contributed by atoms with Gasteiger partial charge in [-0.05, 0) is 41.3 Å². The van der Waals surface area contributed by atoms with Crippen LogP contribution in [0.1, 0.15) is 38.8 Å². The Labute approximate surface area is 162 Å². The molecule has 2 aromatic rings. The molecule has 2 N–H and O–H groups in total. The molecule has 0 spiro atoms. The highest BCUT2D eigenvalue weighted by atomic mass is 35.5. The van der Waals surface area contributed by atoms with Gasteiger partial charge in [0.15, 0.2) is 6.61 Å². The number of nitrogens with one attached hydrogen (secondary N) is 2. The summed E-state index contributed by atoms with van der Waals surface area (Å²) in [5.74, 6) is 0.535. The number of hydrogen-bond donors (Lipinski definition) is 2. The van der Waals surface area contributed by atoms with Crippen LogP contribution in [0.3, 0.4) is 0 Å². The molecular weight excluding hydrogens is 348 g/mol. The molecule has 1 amide bonds. The zero-order valence-electron chi connectivity index (χ0n) is 16.0. The molecule has 0 heterocycles. The first-order valence-electron chi connectivity index (χ1n) is 8.72. The summed E-state index contributed by atoms with van der Waals surface area (Å²) in [4.78, 5) is 12.2. The minimum absolute atomic E-state index is 0. The Bertz CT molecular complexity index is 694. The number of carbonyl (C=O) groups excluding carboxylic acids is 1. The second-order valence-electron chi connectivity index (χ2n) is 7.05. The van der Waals surface area contributed by atoms with Crippen LogP contribution in [0, 0.1) is 0 Å². The molecule has 5 heteroatoms. The molecule has 0 aliphatic heterocycles. The van der Waals surface area contributed by atoms with E-state index in [4.69, 9.17) is 4.74 Å². The zero-order chi connectivity index (χ0) is 18.3. The Balaban J connectivity index is 0.00000338. The van der Waals surface area contributed by atoms with E-state index >= 15 is 0 Å². The molecule has 0 aliphatic carbocycles. The predicted octanol–water partition coefficient (Wildman–Crippen LogP) is 4.53. The first-order valence-corrected chi connectivity index (χ1v) is 8.72. The number of ether oxygens (including phenoxy) is 1. The predicted molar refractivity (Wildman–Crippen MR) is 110 cm³/mol. The fraction of sp³-hybridized carbons (Fsp3) is 0.381. The van der Waals surface area contributed by atoms with E-state index in [2.05, 4.69) is 38.3 Å². The molecule has 0 radical (unpaired) electrons. The van der Waals surface area contributed by atoms with Crippen molar-refractivity contribution in [2.75, 3.05) is 18.5 Å². The Morgan fingerprint density at radius 2 is 1.69 bits per heavy atom. The van der Waals surface area contributed by atoms with Crippen LogP contribution in [0.4, 0.5) is 5.69 Å². The highest BCUT2D eigenvalue weighted by Crippen LogP contribution is 2.24. The smallest absolute Gasteiger partial charge is 0.262 e. The van der Waals surface area contributed by atoms with Gasteiger partial charge in [0.1, 0.15) is 5.75 Å². The van der Waals surface area contributed by atoms with Gasteiger partial charge in [-0.3, -0.25) is 4.79 Å². The molecule has 0 atom stereocenters. The summed E-state index contributed by atoms with van der Waals surface area (Å²) in [5, 5.41) is 6.19. The number of para-hydroxylation sites is 1. The molecule has 0 saturated carbocycles. The summed E-state index contributed by atoms with van der Waals surface area (Å²) >= 11 is 0. The van der Waals surface area contributed by atoms with Gasteiger partial charge in [0.05, 0.1) is 0 Å². The van der Waals surface area contributed by atoms with E-state index in [0.717, 1.165) is 24.3 Å². The topological polar surface area (TPSA) is 50.4 Å². The van der Waals surface area contributed by atoms with Crippen LogP contribution in [0.25, 0.3) is 0 Å². The lowest BCUT2D eigenvalue weighted by atomic mass is 9.87. The van der Waals surface area contributed by atoms with E-state index in [1.54, 1.807) is 0 Å². The van der Waals surface area contributed by atoms with Crippen molar-refractivity contribution in [3.63, 3.8) is 0 Å². The second-order valence-corrected chi connectivity index (χ2v) is 7.05. The van der Waals surface area contributed by atoms with E-state index < -0.39 is 0 Å². The molecule has 2 aromatic carbocycles. The first-order chi connectivity index (χ1) is 11.9. The van der Waals surface area contributed by atoms with Crippen molar-refractivity contribution in [2.24, 2.45) is 0 Å². The van der Waals surface area contributed by atoms with Crippen LogP contribution >= 0.6 is 12.4 Å². The van der Waals surface area contributed by atoms with Gasteiger partial charge >= 0.3 is 0 Å². The maximum absolute atomic E-state index is 12.2. The third-order valence-electron chi connectivity index (χ3n) is 3.95. The maximum atomic E-state index is 12.2. The van der Waals surface area contributed by atoms with Crippen LogP contribution in [-0.2, 0) is 16.8 Å². The average molecular weight is 377 g/mol. The average Bonchev–Trinajstić information content (AvgIpc) is 2.59. The lowest BCUT2D eigenvalue weighted by molar-refractivity contribution is -0.118. The SMILES string of the molecule is CCNCc1ccccc1NC(=O)COc1ccc(C(C)(C)C)cc1.Cl. The van der Waals surface area contributed by atoms with Crippen molar-refractivity contribution in [3.05, 3.63) is 59.7 Å². The Morgan fingerprint density at radius 3 is 2.31 bits per heavy atom. The van der Waals surface area contributed by atoms with E-state index in [9.17, 15) is 4.79 Å². The second kappa shape index (κ2) is 10.2. The number of halogens is 1. The summed E-state index contributed by atoms with van der Waals surface area (Å²) in [6, 6.07) is 15.7. The fourth-order valence-electron chi connectivity index (χ4n) is 2.44. The van der Waals surface area contributed by atoms with Gasteiger partial charge in [-0.15, -0.1) is 12.4 Å². The highest BCUT2D eigenvalue weighted by Gasteiger charge is 2.13. The van der Waals surface area contributed by atoms with E-state index in [-0.39, 0.29) is 30.3 Å². The summed E-state index contributed by atoms with van der Waals surface area (Å²) in [7, 11) is 0. The molecular formula is C21H29ClN2O2. The molecule has 0 saturated heterocycles. The largest absolute Gasteiger partial charge is 0.484 e. The highest BCUT2D eigenvalue weighted by molar-refractivity contribution is 5.92. The van der Waals surface area contributed by atoms with Crippen LogP contribution in [0.2, 0.25) is 0 Å². The van der Waals surface area contributed by atoms with Gasteiger partial charge < -0.3 is 15.4 Å². The minimum Gasteiger partial charge on any atom is -0.484 e. The summed E-state index contributed by atoms with van der Waals surface area (Å²) in [6.45, 7) is 10.2. The number of hydrogen-bond acceptors (Lipinski definition) is 3. The molecule has 2 rings (SSSR count). The van der Waals surface area contributed by atoms with Gasteiger partial charge in [-0.2, -0.15) is 0 Å². The number of anilines is 1. The van der Waals surface area contributed by atoms with Gasteiger partial charge in [0.2, 0.25) is 0 Å². The number of benzene rings is 2. The maximum Gasteiger partial charge on any atom is 0.262 e. The molecule has 0 fully saturated rings. The van der Waals surface area contributed by atoms with Gasteiger partial charge in [0, 0.05) is 12.2 Å². The van der Waals surface area contributed by atoms with Crippen molar-refractivity contribution in [3.8, 4) is 5.75 Å². The monoisotopic (exact) mass is 376 g/mol. The molecule has 0 aromatic heterocycles. The van der Waals surface area contributed by atoms with Crippen LogP contribution in [0.15, 0.2) is 48.5 Å². The molecule has 0 unspecified atom stereocenters.